The van der Waals surface area contributed by atoms with E-state index in [1.165, 1.54) is 0 Å². The number of aldehydes is 1. The summed E-state index contributed by atoms with van der Waals surface area (Å²) in [6.45, 7) is 0. The van der Waals surface area contributed by atoms with Crippen LogP contribution in [0.5, 0.6) is 0 Å². The van der Waals surface area contributed by atoms with Gasteiger partial charge in [0.1, 0.15) is 12.1 Å². The van der Waals surface area contributed by atoms with Crippen LogP contribution in [-0.2, 0) is 18.3 Å². The molecule has 25 heavy (non-hydrogen) atoms. The van der Waals surface area contributed by atoms with Crippen molar-refractivity contribution in [3.63, 3.8) is 0 Å². The smallest absolute Gasteiger partial charge is 0.132 e. The maximum absolute atomic E-state index is 10.7. The monoisotopic (exact) mass is 331 g/mol. The molecular weight excluding hydrogens is 314 g/mol. The maximum atomic E-state index is 10.7. The number of nitrogens with one attached hydrogen (secondary N) is 2. The summed E-state index contributed by atoms with van der Waals surface area (Å²) >= 11 is 0. The average Bonchev–Trinajstić information content (AvgIpc) is 3.20. The quantitative estimate of drug-likeness (QED) is 0.549. The van der Waals surface area contributed by atoms with Gasteiger partial charge in [-0.25, -0.2) is 9.97 Å². The first-order valence-electron chi connectivity index (χ1n) is 7.98. The number of pyridine rings is 1. The molecule has 0 saturated carbocycles. The number of hydrogen-bond acceptors (Lipinski definition) is 4. The number of H-pyrrole nitrogens is 1. The predicted octanol–water partition coefficient (Wildman–Crippen LogP) is 3.45. The number of nitrogens with zero attached hydrogens (tertiary/aromatic N) is 3. The van der Waals surface area contributed by atoms with E-state index in [1.54, 1.807) is 6.33 Å². The molecule has 0 aliphatic heterocycles. The molecule has 1 aromatic carbocycles. The van der Waals surface area contributed by atoms with E-state index in [0.29, 0.717) is 6.42 Å². The van der Waals surface area contributed by atoms with E-state index in [-0.39, 0.29) is 0 Å². The fraction of sp³-hybridized carbons (Fsp3) is 0.105. The molecule has 0 radical (unpaired) electrons. The minimum absolute atomic E-state index is 0.409. The highest BCUT2D eigenvalue weighted by Crippen LogP contribution is 2.25. The van der Waals surface area contributed by atoms with Gasteiger partial charge in [-0.1, -0.05) is 12.1 Å². The van der Waals surface area contributed by atoms with Crippen LogP contribution in [0.25, 0.3) is 22.3 Å². The summed E-state index contributed by atoms with van der Waals surface area (Å²) in [5.74, 6) is 0.745. The Bertz CT molecular complexity index is 1050. The molecule has 0 atom stereocenters. The number of carbonyl (C=O) groups excluding carboxylic acids is 1. The van der Waals surface area contributed by atoms with E-state index >= 15 is 0 Å². The van der Waals surface area contributed by atoms with Crippen molar-refractivity contribution in [2.75, 3.05) is 5.32 Å². The highest BCUT2D eigenvalue weighted by molar-refractivity contribution is 5.86. The molecule has 0 fully saturated rings. The lowest BCUT2D eigenvalue weighted by molar-refractivity contribution is -0.107. The number of carbonyl (C=O) groups is 1. The molecule has 4 rings (SSSR count). The van der Waals surface area contributed by atoms with Gasteiger partial charge < -0.3 is 19.7 Å². The zero-order chi connectivity index (χ0) is 17.2. The molecule has 0 saturated heterocycles. The molecule has 0 bridgehead atoms. The molecule has 3 heterocycles. The fourth-order valence-electron chi connectivity index (χ4n) is 2.87. The highest BCUT2D eigenvalue weighted by atomic mass is 16.1. The molecule has 6 nitrogen and oxygen atoms in total. The Labute approximate surface area is 144 Å². The average molecular weight is 331 g/mol. The summed E-state index contributed by atoms with van der Waals surface area (Å²) in [5, 5.41) is 4.32. The SMILES string of the molecule is Cn1cncc1-c1cc2cnc(Nc3cccc(CC=O)c3)cc2[nH]1. The number of aryl methyl sites for hydroxylation is 1. The Kier molecular flexibility index (Phi) is 3.78. The lowest BCUT2D eigenvalue weighted by Gasteiger charge is -2.06. The van der Waals surface area contributed by atoms with Crippen LogP contribution in [0.4, 0.5) is 11.5 Å². The molecule has 0 aliphatic carbocycles. The number of anilines is 2. The second-order valence-electron chi connectivity index (χ2n) is 5.93. The summed E-state index contributed by atoms with van der Waals surface area (Å²) in [6, 6.07) is 11.8. The molecule has 2 N–H and O–H groups in total. The Balaban J connectivity index is 1.64. The zero-order valence-electron chi connectivity index (χ0n) is 13.7. The van der Waals surface area contributed by atoms with Crippen LogP contribution >= 0.6 is 0 Å². The van der Waals surface area contributed by atoms with Gasteiger partial charge in [-0.15, -0.1) is 0 Å². The van der Waals surface area contributed by atoms with Gasteiger partial charge >= 0.3 is 0 Å². The van der Waals surface area contributed by atoms with Crippen LogP contribution in [-0.4, -0.2) is 25.8 Å². The fourth-order valence-corrected chi connectivity index (χ4v) is 2.87. The van der Waals surface area contributed by atoms with Crippen molar-refractivity contribution in [1.29, 1.82) is 0 Å². The number of rotatable bonds is 5. The van der Waals surface area contributed by atoms with Gasteiger partial charge in [0.05, 0.1) is 29.4 Å². The third kappa shape index (κ3) is 3.01. The number of aromatic amines is 1. The number of fused-ring (bicyclic) bond motifs is 1. The van der Waals surface area contributed by atoms with Crippen LogP contribution in [0.3, 0.4) is 0 Å². The second-order valence-corrected chi connectivity index (χ2v) is 5.93. The number of hydrogen-bond donors (Lipinski definition) is 2. The lowest BCUT2D eigenvalue weighted by Crippen LogP contribution is -1.94. The summed E-state index contributed by atoms with van der Waals surface area (Å²) in [5.41, 5.74) is 4.90. The minimum Gasteiger partial charge on any atom is -0.353 e. The third-order valence-electron chi connectivity index (χ3n) is 4.12. The minimum atomic E-state index is 0.409. The molecule has 0 spiro atoms. The lowest BCUT2D eigenvalue weighted by atomic mass is 10.1. The van der Waals surface area contributed by atoms with Gasteiger partial charge in [-0.05, 0) is 23.8 Å². The molecule has 4 aromatic rings. The first-order valence-corrected chi connectivity index (χ1v) is 7.98. The van der Waals surface area contributed by atoms with E-state index in [1.807, 2.05) is 54.3 Å². The van der Waals surface area contributed by atoms with Crippen LogP contribution in [0.1, 0.15) is 5.56 Å². The van der Waals surface area contributed by atoms with E-state index in [2.05, 4.69) is 26.3 Å². The standard InChI is InChI=1S/C19H17N5O/c1-24-12-20-11-18(24)17-8-14-10-21-19(9-16(14)23-17)22-15-4-2-3-13(7-15)5-6-25/h2-4,6-12,23H,5H2,1H3,(H,21,22). The first kappa shape index (κ1) is 15.1. The van der Waals surface area contributed by atoms with Gasteiger partial charge in [0.2, 0.25) is 0 Å². The van der Waals surface area contributed by atoms with Crippen molar-refractivity contribution >= 4 is 28.7 Å². The summed E-state index contributed by atoms with van der Waals surface area (Å²) < 4.78 is 1.97. The number of benzene rings is 1. The van der Waals surface area contributed by atoms with E-state index in [4.69, 9.17) is 0 Å². The van der Waals surface area contributed by atoms with Crippen molar-refractivity contribution in [2.45, 2.75) is 6.42 Å². The largest absolute Gasteiger partial charge is 0.353 e. The van der Waals surface area contributed by atoms with E-state index < -0.39 is 0 Å². The summed E-state index contributed by atoms with van der Waals surface area (Å²) in [6.07, 6.45) is 6.76. The van der Waals surface area contributed by atoms with E-state index in [0.717, 1.165) is 45.6 Å². The van der Waals surface area contributed by atoms with Gasteiger partial charge in [0.15, 0.2) is 0 Å². The van der Waals surface area contributed by atoms with Crippen molar-refractivity contribution in [2.24, 2.45) is 7.05 Å². The summed E-state index contributed by atoms with van der Waals surface area (Å²) in [4.78, 5) is 22.7. The molecule has 0 aliphatic rings. The second kappa shape index (κ2) is 6.24. The molecular formula is C19H17N5O. The van der Waals surface area contributed by atoms with Crippen LogP contribution in [0.2, 0.25) is 0 Å². The van der Waals surface area contributed by atoms with Gasteiger partial charge in [-0.3, -0.25) is 0 Å². The molecule has 3 aromatic heterocycles. The van der Waals surface area contributed by atoms with Crippen LogP contribution in [0.15, 0.2) is 55.1 Å². The van der Waals surface area contributed by atoms with Crippen molar-refractivity contribution in [3.8, 4) is 11.4 Å². The van der Waals surface area contributed by atoms with Gasteiger partial charge in [0.25, 0.3) is 0 Å². The number of imidazole rings is 1. The van der Waals surface area contributed by atoms with Crippen molar-refractivity contribution < 1.29 is 4.79 Å². The molecule has 124 valence electrons. The maximum Gasteiger partial charge on any atom is 0.132 e. The Morgan fingerprint density at radius 2 is 2.16 bits per heavy atom. The molecule has 6 heteroatoms. The molecule has 0 amide bonds. The third-order valence-corrected chi connectivity index (χ3v) is 4.12. The Morgan fingerprint density at radius 3 is 2.96 bits per heavy atom. The number of aromatic nitrogens is 4. The van der Waals surface area contributed by atoms with Crippen LogP contribution < -0.4 is 5.32 Å². The zero-order valence-corrected chi connectivity index (χ0v) is 13.7. The Hall–Kier alpha value is -3.41. The van der Waals surface area contributed by atoms with Crippen molar-refractivity contribution in [3.05, 3.63) is 60.7 Å². The topological polar surface area (TPSA) is 75.6 Å². The Morgan fingerprint density at radius 1 is 1.24 bits per heavy atom. The van der Waals surface area contributed by atoms with Crippen LogP contribution in [0, 0.1) is 0 Å². The highest BCUT2D eigenvalue weighted by Gasteiger charge is 2.08. The summed E-state index contributed by atoms with van der Waals surface area (Å²) in [7, 11) is 1.96. The van der Waals surface area contributed by atoms with Gasteiger partial charge in [-0.2, -0.15) is 0 Å². The molecule has 0 unspecified atom stereocenters. The normalized spacial score (nSPS) is 10.9. The van der Waals surface area contributed by atoms with E-state index in [9.17, 15) is 4.79 Å². The van der Waals surface area contributed by atoms with Crippen molar-refractivity contribution in [1.82, 2.24) is 19.5 Å². The van der Waals surface area contributed by atoms with Gasteiger partial charge in [0, 0.05) is 36.8 Å². The predicted molar refractivity (Wildman–Crippen MR) is 97.8 cm³/mol. The first-order chi connectivity index (χ1) is 12.2.